The van der Waals surface area contributed by atoms with Gasteiger partial charge in [0.1, 0.15) is 11.6 Å². The summed E-state index contributed by atoms with van der Waals surface area (Å²) < 4.78 is 0. The summed E-state index contributed by atoms with van der Waals surface area (Å²) in [6.45, 7) is 1.01. The number of halogens is 1. The number of aromatic nitrogens is 2. The molecule has 0 atom stereocenters. The Labute approximate surface area is 157 Å². The minimum atomic E-state index is -0.190. The Kier molecular flexibility index (Phi) is 6.17. The molecule has 0 saturated heterocycles. The van der Waals surface area contributed by atoms with E-state index in [9.17, 15) is 4.79 Å². The van der Waals surface area contributed by atoms with E-state index in [1.807, 2.05) is 36.4 Å². The smallest absolute Gasteiger partial charge is 0.252 e. The van der Waals surface area contributed by atoms with Crippen LogP contribution >= 0.6 is 11.6 Å². The van der Waals surface area contributed by atoms with Crippen LogP contribution in [-0.2, 0) is 6.42 Å². The molecule has 0 saturated carbocycles. The van der Waals surface area contributed by atoms with E-state index in [1.54, 1.807) is 30.5 Å². The molecule has 5 nitrogen and oxygen atoms in total. The van der Waals surface area contributed by atoms with Crippen molar-refractivity contribution in [2.24, 2.45) is 0 Å². The van der Waals surface area contributed by atoms with Crippen LogP contribution in [0.3, 0.4) is 0 Å². The first-order chi connectivity index (χ1) is 12.7. The molecular formula is C20H19ClN4O. The molecule has 26 heavy (non-hydrogen) atoms. The number of rotatable bonds is 7. The number of carbonyl (C=O) groups is 1. The lowest BCUT2D eigenvalue weighted by Gasteiger charge is -2.09. The van der Waals surface area contributed by atoms with Crippen molar-refractivity contribution in [2.45, 2.75) is 6.42 Å². The van der Waals surface area contributed by atoms with E-state index >= 15 is 0 Å². The normalized spacial score (nSPS) is 10.3. The minimum Gasteiger partial charge on any atom is -0.368 e. The average Bonchev–Trinajstić information content (AvgIpc) is 2.66. The van der Waals surface area contributed by atoms with E-state index in [1.165, 1.54) is 0 Å². The highest BCUT2D eigenvalue weighted by Crippen LogP contribution is 2.14. The summed E-state index contributed by atoms with van der Waals surface area (Å²) in [6.07, 6.45) is 2.41. The number of amides is 1. The van der Waals surface area contributed by atoms with E-state index in [0.717, 1.165) is 17.2 Å². The molecule has 3 aromatic rings. The molecule has 0 fully saturated rings. The molecule has 0 aliphatic heterocycles. The lowest BCUT2D eigenvalue weighted by Crippen LogP contribution is -2.29. The van der Waals surface area contributed by atoms with Gasteiger partial charge in [0, 0.05) is 25.7 Å². The van der Waals surface area contributed by atoms with Crippen LogP contribution in [0.25, 0.3) is 0 Å². The summed E-state index contributed by atoms with van der Waals surface area (Å²) in [6, 6.07) is 18.9. The largest absolute Gasteiger partial charge is 0.368 e. The van der Waals surface area contributed by atoms with E-state index in [-0.39, 0.29) is 5.91 Å². The van der Waals surface area contributed by atoms with Crippen molar-refractivity contribution in [2.75, 3.05) is 18.4 Å². The van der Waals surface area contributed by atoms with E-state index in [0.29, 0.717) is 30.1 Å². The fourth-order valence-electron chi connectivity index (χ4n) is 2.47. The van der Waals surface area contributed by atoms with Crippen LogP contribution in [0.5, 0.6) is 0 Å². The highest BCUT2D eigenvalue weighted by atomic mass is 35.5. The van der Waals surface area contributed by atoms with Crippen molar-refractivity contribution in [3.05, 3.63) is 88.8 Å². The first kappa shape index (κ1) is 17.9. The van der Waals surface area contributed by atoms with Crippen LogP contribution in [0.1, 0.15) is 21.7 Å². The van der Waals surface area contributed by atoms with Crippen molar-refractivity contribution in [1.29, 1.82) is 0 Å². The van der Waals surface area contributed by atoms with Crippen LogP contribution in [-0.4, -0.2) is 29.0 Å². The summed E-state index contributed by atoms with van der Waals surface area (Å²) in [4.78, 5) is 20.9. The van der Waals surface area contributed by atoms with Gasteiger partial charge in [-0.25, -0.2) is 9.97 Å². The predicted octanol–water partition coefficient (Wildman–Crippen LogP) is 3.56. The Balaban J connectivity index is 1.48. The highest BCUT2D eigenvalue weighted by molar-refractivity contribution is 6.33. The summed E-state index contributed by atoms with van der Waals surface area (Å²) >= 11 is 6.02. The van der Waals surface area contributed by atoms with E-state index in [2.05, 4.69) is 20.6 Å². The average molecular weight is 367 g/mol. The molecule has 0 bridgehead atoms. The fraction of sp³-hybridized carbons (Fsp3) is 0.150. The van der Waals surface area contributed by atoms with E-state index < -0.39 is 0 Å². The van der Waals surface area contributed by atoms with Gasteiger partial charge in [-0.2, -0.15) is 0 Å². The Morgan fingerprint density at radius 2 is 1.73 bits per heavy atom. The Bertz CT molecular complexity index is 870. The van der Waals surface area contributed by atoms with Crippen LogP contribution in [0.4, 0.5) is 5.82 Å². The molecule has 0 unspecified atom stereocenters. The molecule has 0 radical (unpaired) electrons. The SMILES string of the molecule is O=C(NCCNc1ccnc(Cc2ccccc2)n1)c1ccccc1Cl. The summed E-state index contributed by atoms with van der Waals surface area (Å²) in [5.74, 6) is 1.30. The predicted molar refractivity (Wildman–Crippen MR) is 104 cm³/mol. The van der Waals surface area contributed by atoms with Crippen LogP contribution in [0.2, 0.25) is 5.02 Å². The zero-order chi connectivity index (χ0) is 18.2. The number of nitrogens with one attached hydrogen (secondary N) is 2. The maximum atomic E-state index is 12.1. The second-order valence-corrected chi connectivity index (χ2v) is 6.09. The first-order valence-corrected chi connectivity index (χ1v) is 8.72. The molecule has 1 amide bonds. The molecule has 1 heterocycles. The number of nitrogens with zero attached hydrogens (tertiary/aromatic N) is 2. The minimum absolute atomic E-state index is 0.190. The Morgan fingerprint density at radius 3 is 2.54 bits per heavy atom. The molecule has 6 heteroatoms. The zero-order valence-electron chi connectivity index (χ0n) is 14.2. The van der Waals surface area contributed by atoms with Gasteiger partial charge in [-0.3, -0.25) is 4.79 Å². The third-order valence-corrected chi connectivity index (χ3v) is 4.08. The maximum Gasteiger partial charge on any atom is 0.252 e. The fourth-order valence-corrected chi connectivity index (χ4v) is 2.69. The topological polar surface area (TPSA) is 66.9 Å². The van der Waals surface area contributed by atoms with Crippen molar-refractivity contribution >= 4 is 23.3 Å². The van der Waals surface area contributed by atoms with Gasteiger partial charge in [-0.1, -0.05) is 54.1 Å². The first-order valence-electron chi connectivity index (χ1n) is 8.35. The Hall–Kier alpha value is -2.92. The summed E-state index contributed by atoms with van der Waals surface area (Å²) in [7, 11) is 0. The molecule has 0 aliphatic rings. The lowest BCUT2D eigenvalue weighted by atomic mass is 10.1. The number of anilines is 1. The molecule has 132 valence electrons. The standard InChI is InChI=1S/C20H19ClN4O/c21-17-9-5-4-8-16(17)20(26)24-13-12-23-18-10-11-22-19(25-18)14-15-6-2-1-3-7-15/h1-11H,12-14H2,(H,24,26)(H,22,23,25). The maximum absolute atomic E-state index is 12.1. The number of benzene rings is 2. The third-order valence-electron chi connectivity index (χ3n) is 3.75. The van der Waals surface area contributed by atoms with E-state index in [4.69, 9.17) is 11.6 Å². The quantitative estimate of drug-likeness (QED) is 0.627. The van der Waals surface area contributed by atoms with Gasteiger partial charge in [-0.05, 0) is 23.8 Å². The number of hydrogen-bond donors (Lipinski definition) is 2. The van der Waals surface area contributed by atoms with Gasteiger partial charge < -0.3 is 10.6 Å². The third kappa shape index (κ3) is 5.04. The van der Waals surface area contributed by atoms with Crippen LogP contribution in [0, 0.1) is 0 Å². The van der Waals surface area contributed by atoms with Gasteiger partial charge in [-0.15, -0.1) is 0 Å². The second-order valence-electron chi connectivity index (χ2n) is 5.68. The molecule has 2 N–H and O–H groups in total. The zero-order valence-corrected chi connectivity index (χ0v) is 14.9. The molecule has 1 aromatic heterocycles. The number of carbonyl (C=O) groups excluding carboxylic acids is 1. The molecule has 2 aromatic carbocycles. The van der Waals surface area contributed by atoms with Crippen molar-refractivity contribution in [1.82, 2.24) is 15.3 Å². The Morgan fingerprint density at radius 1 is 0.962 bits per heavy atom. The monoisotopic (exact) mass is 366 g/mol. The molecule has 0 spiro atoms. The molecule has 3 rings (SSSR count). The van der Waals surface area contributed by atoms with Crippen molar-refractivity contribution in [3.63, 3.8) is 0 Å². The van der Waals surface area contributed by atoms with Crippen LogP contribution < -0.4 is 10.6 Å². The summed E-state index contributed by atoms with van der Waals surface area (Å²) in [5, 5.41) is 6.47. The second kappa shape index (κ2) is 8.97. The molecule has 0 aliphatic carbocycles. The van der Waals surface area contributed by atoms with Gasteiger partial charge >= 0.3 is 0 Å². The lowest BCUT2D eigenvalue weighted by molar-refractivity contribution is 0.0955. The molecular weight excluding hydrogens is 348 g/mol. The van der Waals surface area contributed by atoms with Gasteiger partial charge in [0.05, 0.1) is 10.6 Å². The summed E-state index contributed by atoms with van der Waals surface area (Å²) in [5.41, 5.74) is 1.64. The highest BCUT2D eigenvalue weighted by Gasteiger charge is 2.08. The van der Waals surface area contributed by atoms with Gasteiger partial charge in [0.2, 0.25) is 0 Å². The number of hydrogen-bond acceptors (Lipinski definition) is 4. The van der Waals surface area contributed by atoms with Crippen molar-refractivity contribution < 1.29 is 4.79 Å². The van der Waals surface area contributed by atoms with Gasteiger partial charge in [0.15, 0.2) is 0 Å². The van der Waals surface area contributed by atoms with Crippen LogP contribution in [0.15, 0.2) is 66.9 Å². The van der Waals surface area contributed by atoms with Crippen molar-refractivity contribution in [3.8, 4) is 0 Å². The van der Waals surface area contributed by atoms with Gasteiger partial charge in [0.25, 0.3) is 5.91 Å².